The molecule has 0 radical (unpaired) electrons. The van der Waals surface area contributed by atoms with E-state index < -0.39 is 0 Å². The van der Waals surface area contributed by atoms with Gasteiger partial charge in [-0.3, -0.25) is 4.79 Å². The van der Waals surface area contributed by atoms with Crippen LogP contribution in [0, 0.1) is 0 Å². The maximum Gasteiger partial charge on any atom is 0.234 e. The molecule has 0 bridgehead atoms. The number of benzene rings is 1. The molecule has 0 spiro atoms. The van der Waals surface area contributed by atoms with Crippen LogP contribution in [0.1, 0.15) is 18.5 Å². The first-order valence-corrected chi connectivity index (χ1v) is 6.09. The molecule has 0 aliphatic carbocycles. The van der Waals surface area contributed by atoms with Crippen LogP contribution in [0.4, 0.5) is 0 Å². The van der Waals surface area contributed by atoms with Gasteiger partial charge in [0.25, 0.3) is 0 Å². The lowest BCUT2D eigenvalue weighted by atomic mass is 10.1. The molecular formula is C13H17N5O. The van der Waals surface area contributed by atoms with Crippen molar-refractivity contribution in [3.8, 4) is 5.69 Å². The predicted molar refractivity (Wildman–Crippen MR) is 71.8 cm³/mol. The third kappa shape index (κ3) is 3.38. The molecule has 6 nitrogen and oxygen atoms in total. The van der Waals surface area contributed by atoms with Gasteiger partial charge >= 0.3 is 0 Å². The van der Waals surface area contributed by atoms with Crippen molar-refractivity contribution >= 4 is 5.91 Å². The lowest BCUT2D eigenvalue weighted by Gasteiger charge is -2.14. The van der Waals surface area contributed by atoms with E-state index in [1.807, 2.05) is 31.2 Å². The Morgan fingerprint density at radius 3 is 2.68 bits per heavy atom. The minimum Gasteiger partial charge on any atom is -0.348 e. The zero-order chi connectivity index (χ0) is 13.7. The van der Waals surface area contributed by atoms with Gasteiger partial charge in [-0.25, -0.2) is 9.67 Å². The molecule has 1 unspecified atom stereocenters. The summed E-state index contributed by atoms with van der Waals surface area (Å²) in [5, 5.41) is 9.80. The van der Waals surface area contributed by atoms with E-state index in [1.54, 1.807) is 18.1 Å². The average molecular weight is 259 g/mol. The lowest BCUT2D eigenvalue weighted by molar-refractivity contribution is -0.120. The minimum absolute atomic E-state index is 0.0182. The molecule has 1 aromatic heterocycles. The van der Waals surface area contributed by atoms with Crippen molar-refractivity contribution in [1.82, 2.24) is 25.4 Å². The van der Waals surface area contributed by atoms with E-state index >= 15 is 0 Å². The van der Waals surface area contributed by atoms with Crippen molar-refractivity contribution < 1.29 is 4.79 Å². The Balaban J connectivity index is 2.04. The van der Waals surface area contributed by atoms with E-state index in [-0.39, 0.29) is 11.9 Å². The number of hydrogen-bond acceptors (Lipinski definition) is 4. The molecule has 2 rings (SSSR count). The summed E-state index contributed by atoms with van der Waals surface area (Å²) in [4.78, 5) is 15.4. The van der Waals surface area contributed by atoms with Gasteiger partial charge in [-0.1, -0.05) is 12.1 Å². The topological polar surface area (TPSA) is 71.8 Å². The fourth-order valence-electron chi connectivity index (χ4n) is 1.79. The number of aromatic nitrogens is 3. The Morgan fingerprint density at radius 1 is 1.37 bits per heavy atom. The second-order valence-corrected chi connectivity index (χ2v) is 4.25. The van der Waals surface area contributed by atoms with Gasteiger partial charge in [0.2, 0.25) is 5.91 Å². The molecule has 19 heavy (non-hydrogen) atoms. The summed E-state index contributed by atoms with van der Waals surface area (Å²) < 4.78 is 1.69. The third-order valence-corrected chi connectivity index (χ3v) is 2.79. The van der Waals surface area contributed by atoms with Gasteiger partial charge < -0.3 is 10.6 Å². The Kier molecular flexibility index (Phi) is 4.25. The van der Waals surface area contributed by atoms with Crippen LogP contribution in [-0.4, -0.2) is 34.3 Å². The van der Waals surface area contributed by atoms with Crippen LogP contribution in [0.5, 0.6) is 0 Å². The SMILES string of the molecule is CNCC(=O)NC(C)c1ccc(-n2cncn2)cc1. The van der Waals surface area contributed by atoms with Crippen LogP contribution >= 0.6 is 0 Å². The number of rotatable bonds is 5. The van der Waals surface area contributed by atoms with Crippen molar-refractivity contribution in [2.24, 2.45) is 0 Å². The van der Waals surface area contributed by atoms with Gasteiger partial charge in [-0.2, -0.15) is 5.10 Å². The molecule has 0 fully saturated rings. The summed E-state index contributed by atoms with van der Waals surface area (Å²) in [6.07, 6.45) is 3.14. The van der Waals surface area contributed by atoms with Crippen LogP contribution in [0.3, 0.4) is 0 Å². The van der Waals surface area contributed by atoms with Gasteiger partial charge in [0, 0.05) is 0 Å². The fraction of sp³-hybridized carbons (Fsp3) is 0.308. The third-order valence-electron chi connectivity index (χ3n) is 2.79. The van der Waals surface area contributed by atoms with Crippen molar-refractivity contribution in [2.45, 2.75) is 13.0 Å². The number of likely N-dealkylation sites (N-methyl/N-ethyl adjacent to an activating group) is 1. The van der Waals surface area contributed by atoms with E-state index in [4.69, 9.17) is 0 Å². The predicted octanol–water partition coefficient (Wildman–Crippen LogP) is 0.664. The van der Waals surface area contributed by atoms with Crippen LogP contribution in [0.25, 0.3) is 5.69 Å². The van der Waals surface area contributed by atoms with E-state index in [0.717, 1.165) is 11.3 Å². The highest BCUT2D eigenvalue weighted by Crippen LogP contribution is 2.14. The second-order valence-electron chi connectivity index (χ2n) is 4.25. The maximum absolute atomic E-state index is 11.5. The highest BCUT2D eigenvalue weighted by Gasteiger charge is 2.08. The van der Waals surface area contributed by atoms with Crippen molar-refractivity contribution in [3.05, 3.63) is 42.5 Å². The van der Waals surface area contributed by atoms with Crippen LogP contribution in [0.2, 0.25) is 0 Å². The van der Waals surface area contributed by atoms with Gasteiger partial charge in [-0.05, 0) is 31.7 Å². The molecule has 0 aliphatic heterocycles. The average Bonchev–Trinajstić information content (AvgIpc) is 2.93. The van der Waals surface area contributed by atoms with E-state index in [0.29, 0.717) is 6.54 Å². The molecule has 100 valence electrons. The summed E-state index contributed by atoms with van der Waals surface area (Å²) in [6, 6.07) is 7.82. The molecule has 0 saturated carbocycles. The van der Waals surface area contributed by atoms with E-state index in [1.165, 1.54) is 6.33 Å². The summed E-state index contributed by atoms with van der Waals surface area (Å²) in [7, 11) is 1.75. The summed E-state index contributed by atoms with van der Waals surface area (Å²) in [5.41, 5.74) is 1.99. The zero-order valence-electron chi connectivity index (χ0n) is 11.0. The zero-order valence-corrected chi connectivity index (χ0v) is 11.0. The Morgan fingerprint density at radius 2 is 2.11 bits per heavy atom. The Labute approximate surface area is 111 Å². The van der Waals surface area contributed by atoms with Crippen LogP contribution in [-0.2, 0) is 4.79 Å². The Hall–Kier alpha value is -2.21. The molecule has 1 amide bonds. The summed E-state index contributed by atoms with van der Waals surface area (Å²) >= 11 is 0. The van der Waals surface area contributed by atoms with Gasteiger partial charge in [-0.15, -0.1) is 0 Å². The number of carbonyl (C=O) groups is 1. The van der Waals surface area contributed by atoms with Gasteiger partial charge in [0.05, 0.1) is 18.3 Å². The number of nitrogens with zero attached hydrogens (tertiary/aromatic N) is 3. The highest BCUT2D eigenvalue weighted by molar-refractivity contribution is 5.78. The summed E-state index contributed by atoms with van der Waals surface area (Å²) in [6.45, 7) is 2.28. The lowest BCUT2D eigenvalue weighted by Crippen LogP contribution is -2.33. The van der Waals surface area contributed by atoms with Crippen molar-refractivity contribution in [3.63, 3.8) is 0 Å². The quantitative estimate of drug-likeness (QED) is 0.827. The molecule has 2 N–H and O–H groups in total. The number of hydrogen-bond donors (Lipinski definition) is 2. The monoisotopic (exact) mass is 259 g/mol. The van der Waals surface area contributed by atoms with Crippen LogP contribution < -0.4 is 10.6 Å². The molecule has 1 atom stereocenters. The molecular weight excluding hydrogens is 242 g/mol. The standard InChI is InChI=1S/C13H17N5O/c1-10(17-13(19)7-14-2)11-3-5-12(6-4-11)18-9-15-8-16-18/h3-6,8-10,14H,7H2,1-2H3,(H,17,19). The largest absolute Gasteiger partial charge is 0.348 e. The number of nitrogens with one attached hydrogen (secondary N) is 2. The smallest absolute Gasteiger partial charge is 0.234 e. The van der Waals surface area contributed by atoms with Crippen molar-refractivity contribution in [1.29, 1.82) is 0 Å². The molecule has 6 heteroatoms. The fourth-order valence-corrected chi connectivity index (χ4v) is 1.79. The molecule has 2 aromatic rings. The molecule has 1 aromatic carbocycles. The maximum atomic E-state index is 11.5. The minimum atomic E-state index is -0.0225. The first kappa shape index (κ1) is 13.2. The summed E-state index contributed by atoms with van der Waals surface area (Å²) in [5.74, 6) is -0.0182. The van der Waals surface area contributed by atoms with E-state index in [9.17, 15) is 4.79 Å². The van der Waals surface area contributed by atoms with E-state index in [2.05, 4.69) is 20.7 Å². The van der Waals surface area contributed by atoms with Crippen LogP contribution in [0.15, 0.2) is 36.9 Å². The normalized spacial score (nSPS) is 12.1. The van der Waals surface area contributed by atoms with Crippen molar-refractivity contribution in [2.75, 3.05) is 13.6 Å². The molecule has 1 heterocycles. The number of carbonyl (C=O) groups excluding carboxylic acids is 1. The first-order valence-electron chi connectivity index (χ1n) is 6.09. The highest BCUT2D eigenvalue weighted by atomic mass is 16.1. The first-order chi connectivity index (χ1) is 9.20. The van der Waals surface area contributed by atoms with Gasteiger partial charge in [0.15, 0.2) is 0 Å². The second kappa shape index (κ2) is 6.10. The number of amides is 1. The van der Waals surface area contributed by atoms with Gasteiger partial charge in [0.1, 0.15) is 12.7 Å². The molecule has 0 aliphatic rings. The Bertz CT molecular complexity index is 520. The molecule has 0 saturated heterocycles.